The summed E-state index contributed by atoms with van der Waals surface area (Å²) < 4.78 is 26.9. The van der Waals surface area contributed by atoms with Crippen molar-refractivity contribution in [2.75, 3.05) is 18.4 Å². The number of benzene rings is 2. The number of halogens is 2. The zero-order chi connectivity index (χ0) is 17.9. The lowest BCUT2D eigenvalue weighted by molar-refractivity contribution is 0.183. The van der Waals surface area contributed by atoms with E-state index in [2.05, 4.69) is 11.4 Å². The van der Waals surface area contributed by atoms with Crippen LogP contribution in [0.5, 0.6) is 0 Å². The molecule has 0 unspecified atom stereocenters. The van der Waals surface area contributed by atoms with Gasteiger partial charge in [0, 0.05) is 19.2 Å². The molecule has 25 heavy (non-hydrogen) atoms. The summed E-state index contributed by atoms with van der Waals surface area (Å²) in [6, 6.07) is 14.3. The fraction of sp³-hybridized carbons (Fsp3) is 0.263. The molecule has 128 valence electrons. The van der Waals surface area contributed by atoms with Gasteiger partial charge in [-0.05, 0) is 30.5 Å². The molecule has 0 bridgehead atoms. The summed E-state index contributed by atoms with van der Waals surface area (Å²) >= 11 is 0. The van der Waals surface area contributed by atoms with Gasteiger partial charge in [0.25, 0.3) is 0 Å². The van der Waals surface area contributed by atoms with Crippen molar-refractivity contribution in [3.05, 3.63) is 65.7 Å². The van der Waals surface area contributed by atoms with Gasteiger partial charge in [0.1, 0.15) is 11.6 Å². The number of hydrogen-bond acceptors (Lipinski definition) is 2. The SMILES string of the molecule is N#CC1(c2ccccc2)CCN(C(=O)Nc2cc(F)ccc2F)CC1. The number of piperidine rings is 1. The minimum absolute atomic E-state index is 0.190. The number of nitriles is 1. The first-order valence-corrected chi connectivity index (χ1v) is 8.02. The molecule has 0 spiro atoms. The molecule has 4 nitrogen and oxygen atoms in total. The Morgan fingerprint density at radius 1 is 1.12 bits per heavy atom. The number of nitrogens with zero attached hydrogens (tertiary/aromatic N) is 2. The molecular weight excluding hydrogens is 324 g/mol. The summed E-state index contributed by atoms with van der Waals surface area (Å²) in [5.74, 6) is -1.31. The summed E-state index contributed by atoms with van der Waals surface area (Å²) in [7, 11) is 0. The van der Waals surface area contributed by atoms with Crippen LogP contribution in [0.25, 0.3) is 0 Å². The molecule has 2 aromatic rings. The van der Waals surface area contributed by atoms with Gasteiger partial charge in [-0.2, -0.15) is 5.26 Å². The lowest BCUT2D eigenvalue weighted by Gasteiger charge is -2.37. The zero-order valence-corrected chi connectivity index (χ0v) is 13.5. The monoisotopic (exact) mass is 341 g/mol. The molecule has 0 saturated carbocycles. The molecule has 1 aliphatic heterocycles. The Hall–Kier alpha value is -2.94. The van der Waals surface area contributed by atoms with Crippen LogP contribution in [0.1, 0.15) is 18.4 Å². The van der Waals surface area contributed by atoms with Gasteiger partial charge in [0.2, 0.25) is 0 Å². The predicted octanol–water partition coefficient (Wildman–Crippen LogP) is 4.05. The summed E-state index contributed by atoms with van der Waals surface area (Å²) in [5, 5.41) is 12.1. The van der Waals surface area contributed by atoms with Crippen LogP contribution in [0, 0.1) is 23.0 Å². The van der Waals surface area contributed by atoms with E-state index in [0.29, 0.717) is 25.9 Å². The van der Waals surface area contributed by atoms with Crippen molar-refractivity contribution in [2.24, 2.45) is 0 Å². The third kappa shape index (κ3) is 3.45. The topological polar surface area (TPSA) is 56.1 Å². The Morgan fingerprint density at radius 2 is 1.80 bits per heavy atom. The zero-order valence-electron chi connectivity index (χ0n) is 13.5. The molecule has 6 heteroatoms. The van der Waals surface area contributed by atoms with Gasteiger partial charge in [0.05, 0.1) is 17.2 Å². The largest absolute Gasteiger partial charge is 0.324 e. The second-order valence-electron chi connectivity index (χ2n) is 6.10. The lowest BCUT2D eigenvalue weighted by Crippen LogP contribution is -2.46. The standard InChI is InChI=1S/C19H17F2N3O/c20-15-6-7-16(21)17(12-15)23-18(25)24-10-8-19(13-22,9-11-24)14-4-2-1-3-5-14/h1-7,12H,8-11H2,(H,23,25). The second-order valence-corrected chi connectivity index (χ2v) is 6.10. The molecule has 1 aliphatic rings. The van der Waals surface area contributed by atoms with Gasteiger partial charge >= 0.3 is 6.03 Å². The number of carbonyl (C=O) groups excluding carboxylic acids is 1. The van der Waals surface area contributed by atoms with E-state index in [9.17, 15) is 18.8 Å². The Kier molecular flexibility index (Phi) is 4.66. The van der Waals surface area contributed by atoms with E-state index in [1.807, 2.05) is 30.3 Å². The Labute approximate surface area is 144 Å². The average molecular weight is 341 g/mol. The Morgan fingerprint density at radius 3 is 2.44 bits per heavy atom. The highest BCUT2D eigenvalue weighted by Crippen LogP contribution is 2.35. The second kappa shape index (κ2) is 6.89. The highest BCUT2D eigenvalue weighted by Gasteiger charge is 2.37. The number of nitrogens with one attached hydrogen (secondary N) is 1. The van der Waals surface area contributed by atoms with E-state index in [1.54, 1.807) is 0 Å². The number of anilines is 1. The van der Waals surface area contributed by atoms with Crippen LogP contribution >= 0.6 is 0 Å². The van der Waals surface area contributed by atoms with Crippen molar-refractivity contribution < 1.29 is 13.6 Å². The van der Waals surface area contributed by atoms with Gasteiger partial charge in [-0.3, -0.25) is 0 Å². The Bertz CT molecular complexity index is 809. The molecule has 1 N–H and O–H groups in total. The summed E-state index contributed by atoms with van der Waals surface area (Å²) in [4.78, 5) is 13.8. The minimum atomic E-state index is -0.692. The molecule has 1 heterocycles. The van der Waals surface area contributed by atoms with Crippen LogP contribution in [-0.4, -0.2) is 24.0 Å². The fourth-order valence-corrected chi connectivity index (χ4v) is 3.10. The van der Waals surface area contributed by atoms with Crippen molar-refractivity contribution in [1.29, 1.82) is 5.26 Å². The molecule has 2 amide bonds. The maximum atomic E-state index is 13.7. The molecule has 3 rings (SSSR count). The third-order valence-electron chi connectivity index (χ3n) is 4.61. The van der Waals surface area contributed by atoms with E-state index < -0.39 is 23.1 Å². The Balaban J connectivity index is 1.68. The molecule has 0 aromatic heterocycles. The van der Waals surface area contributed by atoms with Crippen LogP contribution in [0.4, 0.5) is 19.3 Å². The van der Waals surface area contributed by atoms with Gasteiger partial charge in [-0.1, -0.05) is 30.3 Å². The number of likely N-dealkylation sites (tertiary alicyclic amines) is 1. The maximum absolute atomic E-state index is 13.7. The van der Waals surface area contributed by atoms with Gasteiger partial charge in [0.15, 0.2) is 0 Å². The van der Waals surface area contributed by atoms with Crippen LogP contribution < -0.4 is 5.32 Å². The minimum Gasteiger partial charge on any atom is -0.324 e. The first kappa shape index (κ1) is 16.9. The first-order valence-electron chi connectivity index (χ1n) is 8.02. The quantitative estimate of drug-likeness (QED) is 0.896. The summed E-state index contributed by atoms with van der Waals surface area (Å²) in [6.45, 7) is 0.733. The molecule has 0 atom stereocenters. The van der Waals surface area contributed by atoms with Crippen LogP contribution in [0.3, 0.4) is 0 Å². The summed E-state index contributed by atoms with van der Waals surface area (Å²) in [6.07, 6.45) is 0.985. The van der Waals surface area contributed by atoms with Gasteiger partial charge in [-0.15, -0.1) is 0 Å². The first-order chi connectivity index (χ1) is 12.0. The van der Waals surface area contributed by atoms with E-state index in [0.717, 1.165) is 23.8 Å². The summed E-state index contributed by atoms with van der Waals surface area (Å²) in [5.41, 5.74) is 0.126. The van der Waals surface area contributed by atoms with E-state index in [-0.39, 0.29) is 5.69 Å². The predicted molar refractivity (Wildman–Crippen MR) is 89.9 cm³/mol. The number of amides is 2. The van der Waals surface area contributed by atoms with E-state index >= 15 is 0 Å². The highest BCUT2D eigenvalue weighted by molar-refractivity contribution is 5.89. The lowest BCUT2D eigenvalue weighted by atomic mass is 9.74. The van der Waals surface area contributed by atoms with E-state index in [1.165, 1.54) is 4.90 Å². The van der Waals surface area contributed by atoms with Crippen LogP contribution in [0.2, 0.25) is 0 Å². The molecule has 1 saturated heterocycles. The van der Waals surface area contributed by atoms with Crippen molar-refractivity contribution in [3.63, 3.8) is 0 Å². The molecular formula is C19H17F2N3O. The van der Waals surface area contributed by atoms with E-state index in [4.69, 9.17) is 0 Å². The van der Waals surface area contributed by atoms with Crippen molar-refractivity contribution in [3.8, 4) is 6.07 Å². The van der Waals surface area contributed by atoms with Crippen molar-refractivity contribution in [1.82, 2.24) is 4.90 Å². The molecule has 0 radical (unpaired) electrons. The van der Waals surface area contributed by atoms with Gasteiger partial charge in [-0.25, -0.2) is 13.6 Å². The molecule has 2 aromatic carbocycles. The fourth-order valence-electron chi connectivity index (χ4n) is 3.10. The van der Waals surface area contributed by atoms with Crippen LogP contribution in [0.15, 0.2) is 48.5 Å². The normalized spacial score (nSPS) is 16.1. The third-order valence-corrected chi connectivity index (χ3v) is 4.61. The van der Waals surface area contributed by atoms with Gasteiger partial charge < -0.3 is 10.2 Å². The highest BCUT2D eigenvalue weighted by atomic mass is 19.1. The number of urea groups is 1. The van der Waals surface area contributed by atoms with Crippen molar-refractivity contribution in [2.45, 2.75) is 18.3 Å². The molecule has 0 aliphatic carbocycles. The van der Waals surface area contributed by atoms with Crippen LogP contribution in [-0.2, 0) is 5.41 Å². The number of carbonyl (C=O) groups is 1. The number of hydrogen-bond donors (Lipinski definition) is 1. The molecule has 1 fully saturated rings. The smallest absolute Gasteiger partial charge is 0.321 e. The number of rotatable bonds is 2. The van der Waals surface area contributed by atoms with Crippen molar-refractivity contribution >= 4 is 11.7 Å². The average Bonchev–Trinajstić information content (AvgIpc) is 2.65. The maximum Gasteiger partial charge on any atom is 0.321 e.